The molecule has 2 heterocycles. The van der Waals surface area contributed by atoms with E-state index < -0.39 is 6.10 Å². The summed E-state index contributed by atoms with van der Waals surface area (Å²) >= 11 is 0. The van der Waals surface area contributed by atoms with E-state index in [4.69, 9.17) is 4.74 Å². The number of phenolic OH excluding ortho intramolecular Hbond substituents is 1. The second-order valence-electron chi connectivity index (χ2n) is 10.0. The van der Waals surface area contributed by atoms with Crippen LogP contribution in [0.3, 0.4) is 0 Å². The Morgan fingerprint density at radius 1 is 1.21 bits per heavy atom. The van der Waals surface area contributed by atoms with Crippen molar-refractivity contribution < 1.29 is 14.9 Å². The zero-order valence-corrected chi connectivity index (χ0v) is 20.8. The van der Waals surface area contributed by atoms with Gasteiger partial charge < -0.3 is 19.5 Å². The molecule has 2 N–H and O–H groups in total. The topological polar surface area (TPSA) is 71.7 Å². The molecule has 1 aliphatic heterocycles. The molecule has 0 amide bonds. The van der Waals surface area contributed by atoms with E-state index in [1.807, 2.05) is 0 Å². The van der Waals surface area contributed by atoms with E-state index in [2.05, 4.69) is 40.7 Å². The summed E-state index contributed by atoms with van der Waals surface area (Å²) in [6, 6.07) is 6.61. The largest absolute Gasteiger partial charge is 0.508 e. The number of benzene rings is 1. The highest BCUT2D eigenvalue weighted by Crippen LogP contribution is 2.42. The number of hydrogen-bond acceptors (Lipinski definition) is 4. The highest BCUT2D eigenvalue weighted by Gasteiger charge is 2.34. The zero-order chi connectivity index (χ0) is 24.3. The Morgan fingerprint density at radius 2 is 1.88 bits per heavy atom. The van der Waals surface area contributed by atoms with Crippen LogP contribution in [0, 0.1) is 17.8 Å². The van der Waals surface area contributed by atoms with Gasteiger partial charge in [0.2, 0.25) is 0 Å². The average molecular weight is 454 g/mol. The Morgan fingerprint density at radius 3 is 2.52 bits per heavy atom. The Balaban J connectivity index is 1.93. The Hall–Kier alpha value is -2.53. The molecule has 0 aliphatic carbocycles. The number of ether oxygens (including phenoxy) is 1. The monoisotopic (exact) mass is 453 g/mol. The highest BCUT2D eigenvalue weighted by molar-refractivity contribution is 5.71. The minimum absolute atomic E-state index is 0.0335. The third-order valence-corrected chi connectivity index (χ3v) is 7.06. The third-order valence-electron chi connectivity index (χ3n) is 7.06. The van der Waals surface area contributed by atoms with Crippen LogP contribution in [0.2, 0.25) is 0 Å². The predicted molar refractivity (Wildman–Crippen MR) is 133 cm³/mol. The van der Waals surface area contributed by atoms with Gasteiger partial charge in [0.15, 0.2) is 0 Å². The van der Waals surface area contributed by atoms with E-state index in [1.54, 1.807) is 37.5 Å². The lowest BCUT2D eigenvalue weighted by Crippen LogP contribution is -2.34. The van der Waals surface area contributed by atoms with Gasteiger partial charge in [-0.1, -0.05) is 52.3 Å². The van der Waals surface area contributed by atoms with E-state index >= 15 is 0 Å². The molecule has 0 unspecified atom stereocenters. The molecule has 3 rings (SSSR count). The number of aromatic hydroxyl groups is 2. The van der Waals surface area contributed by atoms with Crippen LogP contribution in [-0.2, 0) is 11.8 Å². The summed E-state index contributed by atoms with van der Waals surface area (Å²) in [4.78, 5) is 13.1. The minimum Gasteiger partial charge on any atom is -0.508 e. The molecule has 0 spiro atoms. The summed E-state index contributed by atoms with van der Waals surface area (Å²) in [5, 5.41) is 20.8. The van der Waals surface area contributed by atoms with Gasteiger partial charge in [0.05, 0.1) is 17.8 Å². The van der Waals surface area contributed by atoms with Gasteiger partial charge in [-0.15, -0.1) is 0 Å². The lowest BCUT2D eigenvalue weighted by atomic mass is 9.85. The van der Waals surface area contributed by atoms with Crippen molar-refractivity contribution in [3.63, 3.8) is 0 Å². The number of nitrogens with zero attached hydrogens (tertiary/aromatic N) is 1. The average Bonchev–Trinajstić information content (AvgIpc) is 2.77. The maximum atomic E-state index is 13.1. The van der Waals surface area contributed by atoms with Gasteiger partial charge >= 0.3 is 0 Å². The minimum atomic E-state index is -0.463. The molecule has 2 aromatic rings. The number of phenols is 1. The first-order valence-electron chi connectivity index (χ1n) is 12.2. The second kappa shape index (κ2) is 10.6. The van der Waals surface area contributed by atoms with Crippen LogP contribution in [-0.4, -0.2) is 20.9 Å². The first kappa shape index (κ1) is 25.1. The smallest absolute Gasteiger partial charge is 0.259 e. The van der Waals surface area contributed by atoms with Crippen LogP contribution in [0.5, 0.6) is 11.5 Å². The van der Waals surface area contributed by atoms with E-state index in [1.165, 1.54) is 16.6 Å². The predicted octanol–water partition coefficient (Wildman–Crippen LogP) is 6.34. The molecule has 0 saturated carbocycles. The molecule has 1 saturated heterocycles. The molecule has 33 heavy (non-hydrogen) atoms. The molecular weight excluding hydrogens is 414 g/mol. The van der Waals surface area contributed by atoms with Crippen LogP contribution in [0.15, 0.2) is 46.9 Å². The lowest BCUT2D eigenvalue weighted by Gasteiger charge is -2.36. The van der Waals surface area contributed by atoms with E-state index in [0.717, 1.165) is 18.4 Å². The lowest BCUT2D eigenvalue weighted by molar-refractivity contribution is -0.0631. The number of allylic oxidation sites excluding steroid dienone is 1. The highest BCUT2D eigenvalue weighted by atomic mass is 16.5. The fraction of sp³-hybridized carbons (Fsp3) is 0.536. The SMILES string of the molecule is CC[C@H](C)C[C@@H](C)/C=C(\C)[C@@H]1O[C@H](c2c(O)c(-c3ccc(O)cc3)cn(C)c2=O)CC[C@H]1C. The van der Waals surface area contributed by atoms with Gasteiger partial charge in [-0.3, -0.25) is 4.79 Å². The van der Waals surface area contributed by atoms with Gasteiger partial charge in [0.25, 0.3) is 5.56 Å². The molecule has 0 bridgehead atoms. The van der Waals surface area contributed by atoms with Crippen LogP contribution >= 0.6 is 0 Å². The molecular formula is C28H39NO4. The summed E-state index contributed by atoms with van der Waals surface area (Å²) in [7, 11) is 1.69. The van der Waals surface area contributed by atoms with Crippen molar-refractivity contribution in [2.45, 2.75) is 72.5 Å². The second-order valence-corrected chi connectivity index (χ2v) is 10.0. The fourth-order valence-electron chi connectivity index (χ4n) is 5.02. The zero-order valence-electron chi connectivity index (χ0n) is 20.8. The summed E-state index contributed by atoms with van der Waals surface area (Å²) in [6.45, 7) is 11.1. The maximum absolute atomic E-state index is 13.1. The molecule has 1 fully saturated rings. The molecule has 5 heteroatoms. The van der Waals surface area contributed by atoms with Crippen molar-refractivity contribution in [2.75, 3.05) is 0 Å². The summed E-state index contributed by atoms with van der Waals surface area (Å²) < 4.78 is 8.03. The molecule has 0 radical (unpaired) electrons. The first-order chi connectivity index (χ1) is 15.6. The Bertz CT molecular complexity index is 1040. The molecule has 5 nitrogen and oxygen atoms in total. The van der Waals surface area contributed by atoms with Crippen molar-refractivity contribution >= 4 is 0 Å². The number of aromatic nitrogens is 1. The fourth-order valence-corrected chi connectivity index (χ4v) is 5.02. The van der Waals surface area contributed by atoms with Crippen LogP contribution in [0.25, 0.3) is 11.1 Å². The normalized spacial score (nSPS) is 23.3. The number of hydrogen-bond donors (Lipinski definition) is 2. The van der Waals surface area contributed by atoms with E-state index in [-0.39, 0.29) is 23.2 Å². The van der Waals surface area contributed by atoms with Crippen LogP contribution < -0.4 is 5.56 Å². The Labute approximate surface area is 197 Å². The number of aryl methyl sites for hydroxylation is 1. The van der Waals surface area contributed by atoms with Crippen molar-refractivity contribution in [3.05, 3.63) is 58.0 Å². The van der Waals surface area contributed by atoms with Gasteiger partial charge in [-0.05, 0) is 67.2 Å². The number of pyridine rings is 1. The van der Waals surface area contributed by atoms with Gasteiger partial charge in [-0.25, -0.2) is 0 Å². The molecule has 1 aromatic heterocycles. The molecule has 1 aliphatic rings. The van der Waals surface area contributed by atoms with Gasteiger partial charge in [-0.2, -0.15) is 0 Å². The summed E-state index contributed by atoms with van der Waals surface area (Å²) in [5.74, 6) is 1.62. The van der Waals surface area contributed by atoms with Crippen molar-refractivity contribution in [1.29, 1.82) is 0 Å². The first-order valence-corrected chi connectivity index (χ1v) is 12.2. The van der Waals surface area contributed by atoms with E-state index in [0.29, 0.717) is 35.3 Å². The van der Waals surface area contributed by atoms with Crippen LogP contribution in [0.4, 0.5) is 0 Å². The van der Waals surface area contributed by atoms with Gasteiger partial charge in [0, 0.05) is 18.8 Å². The summed E-state index contributed by atoms with van der Waals surface area (Å²) in [5.41, 5.74) is 2.58. The Kier molecular flexibility index (Phi) is 8.06. The van der Waals surface area contributed by atoms with Gasteiger partial charge in [0.1, 0.15) is 11.5 Å². The van der Waals surface area contributed by atoms with Crippen LogP contribution in [0.1, 0.15) is 72.0 Å². The molecule has 180 valence electrons. The third kappa shape index (κ3) is 5.70. The molecule has 5 atom stereocenters. The van der Waals surface area contributed by atoms with Crippen molar-refractivity contribution in [3.8, 4) is 22.6 Å². The van der Waals surface area contributed by atoms with E-state index in [9.17, 15) is 15.0 Å². The summed E-state index contributed by atoms with van der Waals surface area (Å²) in [6.07, 6.45) is 7.35. The van der Waals surface area contributed by atoms with Crippen molar-refractivity contribution in [1.82, 2.24) is 4.57 Å². The quantitative estimate of drug-likeness (QED) is 0.480. The maximum Gasteiger partial charge on any atom is 0.259 e. The van der Waals surface area contributed by atoms with Crippen molar-refractivity contribution in [2.24, 2.45) is 24.8 Å². The standard InChI is InChI=1S/C28H39NO4/c1-7-17(2)14-18(3)15-20(5)27-19(4)8-13-24(33-27)25-26(31)23(16-29(6)28(25)32)21-9-11-22(30)12-10-21/h9-12,15-19,24,27,30-31H,7-8,13-14H2,1-6H3/b20-15+/t17-,18+,19+,24-,27+/m0/s1. The number of rotatable bonds is 7. The molecule has 1 aromatic carbocycles.